The van der Waals surface area contributed by atoms with Gasteiger partial charge in [-0.2, -0.15) is 0 Å². The Labute approximate surface area is 74.4 Å². The van der Waals surface area contributed by atoms with Gasteiger partial charge in [-0.05, 0) is 16.8 Å². The van der Waals surface area contributed by atoms with E-state index in [0.717, 1.165) is 0 Å². The third kappa shape index (κ3) is 2.54. The summed E-state index contributed by atoms with van der Waals surface area (Å²) in [5, 5.41) is 3.18. The molecule has 12 heavy (non-hydrogen) atoms. The predicted octanol–water partition coefficient (Wildman–Crippen LogP) is 1.38. The van der Waals surface area contributed by atoms with Crippen LogP contribution >= 0.6 is 11.6 Å². The molecule has 66 valence electrons. The third-order valence-corrected chi connectivity index (χ3v) is 1.50. The van der Waals surface area contributed by atoms with Gasteiger partial charge in [-0.15, -0.1) is 0 Å². The molecule has 5 heteroatoms. The fraction of sp³-hybridized carbons (Fsp3) is 0.429. The Morgan fingerprint density at radius 2 is 2.58 bits per heavy atom. The molecule has 0 fully saturated rings. The van der Waals surface area contributed by atoms with Crippen molar-refractivity contribution in [3.05, 3.63) is 11.8 Å². The highest BCUT2D eigenvalue weighted by molar-refractivity contribution is 6.63. The zero-order valence-electron chi connectivity index (χ0n) is 6.54. The van der Waals surface area contributed by atoms with Crippen LogP contribution in [0.2, 0.25) is 0 Å². The van der Waals surface area contributed by atoms with E-state index in [9.17, 15) is 4.79 Å². The van der Waals surface area contributed by atoms with Gasteiger partial charge in [0.15, 0.2) is 0 Å². The van der Waals surface area contributed by atoms with Gasteiger partial charge in [0, 0.05) is 18.9 Å². The van der Waals surface area contributed by atoms with E-state index in [1.165, 1.54) is 7.11 Å². The second-order valence-corrected chi connectivity index (χ2v) is 2.61. The van der Waals surface area contributed by atoms with Crippen LogP contribution < -0.4 is 4.74 Å². The molecule has 0 aromatic carbocycles. The molecular weight excluding hydrogens is 182 g/mol. The van der Waals surface area contributed by atoms with Crippen molar-refractivity contribution in [1.29, 1.82) is 0 Å². The molecule has 0 aliphatic heterocycles. The lowest BCUT2D eigenvalue weighted by Gasteiger charge is -1.87. The van der Waals surface area contributed by atoms with Crippen molar-refractivity contribution >= 4 is 16.8 Å². The number of hydrogen-bond donors (Lipinski definition) is 0. The second-order valence-electron chi connectivity index (χ2n) is 2.19. The van der Waals surface area contributed by atoms with Crippen LogP contribution in [0.5, 0.6) is 5.88 Å². The highest BCUT2D eigenvalue weighted by Crippen LogP contribution is 2.12. The van der Waals surface area contributed by atoms with E-state index in [-0.39, 0.29) is 11.7 Å². The van der Waals surface area contributed by atoms with Crippen LogP contribution in [-0.4, -0.2) is 17.5 Å². The van der Waals surface area contributed by atoms with Crippen molar-refractivity contribution in [2.24, 2.45) is 0 Å². The average molecular weight is 190 g/mol. The van der Waals surface area contributed by atoms with Gasteiger partial charge >= 0.3 is 0 Å². The molecule has 1 aromatic heterocycles. The van der Waals surface area contributed by atoms with Crippen LogP contribution in [0.3, 0.4) is 0 Å². The molecule has 1 heterocycles. The lowest BCUT2D eigenvalue weighted by Crippen LogP contribution is -1.89. The molecule has 0 saturated heterocycles. The van der Waals surface area contributed by atoms with Gasteiger partial charge in [0.25, 0.3) is 5.88 Å². The van der Waals surface area contributed by atoms with Crippen molar-refractivity contribution in [1.82, 2.24) is 5.16 Å². The van der Waals surface area contributed by atoms with E-state index in [4.69, 9.17) is 20.9 Å². The van der Waals surface area contributed by atoms with Gasteiger partial charge in [-0.1, -0.05) is 0 Å². The fourth-order valence-electron chi connectivity index (χ4n) is 0.730. The SMILES string of the molecule is COc1cc(CCC(=O)Cl)on1. The molecular formula is C7H8ClNO3. The monoisotopic (exact) mass is 189 g/mol. The Balaban J connectivity index is 2.47. The number of rotatable bonds is 4. The van der Waals surface area contributed by atoms with Crippen LogP contribution in [0.1, 0.15) is 12.2 Å². The lowest BCUT2D eigenvalue weighted by atomic mass is 10.3. The maximum absolute atomic E-state index is 10.4. The Morgan fingerprint density at radius 3 is 3.08 bits per heavy atom. The topological polar surface area (TPSA) is 52.3 Å². The molecule has 0 saturated carbocycles. The van der Waals surface area contributed by atoms with Crippen LogP contribution in [0.15, 0.2) is 10.6 Å². The first-order valence-corrected chi connectivity index (χ1v) is 3.78. The number of nitrogens with zero attached hydrogens (tertiary/aromatic N) is 1. The van der Waals surface area contributed by atoms with Crippen LogP contribution in [0, 0.1) is 0 Å². The van der Waals surface area contributed by atoms with Gasteiger partial charge in [0.2, 0.25) is 5.24 Å². The number of aromatic nitrogens is 1. The van der Waals surface area contributed by atoms with E-state index in [1.54, 1.807) is 6.07 Å². The van der Waals surface area contributed by atoms with Gasteiger partial charge in [0.1, 0.15) is 5.76 Å². The predicted molar refractivity (Wildman–Crippen MR) is 42.2 cm³/mol. The molecule has 0 atom stereocenters. The number of hydrogen-bond acceptors (Lipinski definition) is 4. The first kappa shape index (κ1) is 9.06. The van der Waals surface area contributed by atoms with Gasteiger partial charge < -0.3 is 9.26 Å². The van der Waals surface area contributed by atoms with E-state index in [0.29, 0.717) is 18.1 Å². The van der Waals surface area contributed by atoms with E-state index >= 15 is 0 Å². The quantitative estimate of drug-likeness (QED) is 0.672. The summed E-state index contributed by atoms with van der Waals surface area (Å²) in [6, 6.07) is 1.62. The van der Waals surface area contributed by atoms with Crippen LogP contribution in [-0.2, 0) is 11.2 Å². The van der Waals surface area contributed by atoms with Crippen molar-refractivity contribution < 1.29 is 14.1 Å². The maximum Gasteiger partial charge on any atom is 0.254 e. The minimum absolute atomic E-state index is 0.250. The summed E-state index contributed by atoms with van der Waals surface area (Å²) in [5.41, 5.74) is 0. The summed E-state index contributed by atoms with van der Waals surface area (Å²) in [5.74, 6) is 1.01. The summed E-state index contributed by atoms with van der Waals surface area (Å²) in [6.45, 7) is 0. The minimum Gasteiger partial charge on any atom is -0.479 e. The molecule has 0 N–H and O–H groups in total. The number of halogens is 1. The largest absolute Gasteiger partial charge is 0.479 e. The van der Waals surface area contributed by atoms with E-state index in [1.807, 2.05) is 0 Å². The van der Waals surface area contributed by atoms with E-state index < -0.39 is 0 Å². The van der Waals surface area contributed by atoms with Gasteiger partial charge in [-0.3, -0.25) is 4.79 Å². The molecule has 0 aliphatic carbocycles. The Hall–Kier alpha value is -1.03. The molecule has 0 radical (unpaired) electrons. The number of carbonyl (C=O) groups excluding carboxylic acids is 1. The fourth-order valence-corrected chi connectivity index (χ4v) is 0.824. The summed E-state index contributed by atoms with van der Waals surface area (Å²) in [7, 11) is 1.49. The lowest BCUT2D eigenvalue weighted by molar-refractivity contribution is -0.111. The zero-order valence-corrected chi connectivity index (χ0v) is 7.30. The number of methoxy groups -OCH3 is 1. The Bertz CT molecular complexity index is 271. The standard InChI is InChI=1S/C7H8ClNO3/c1-11-7-4-5(12-9-7)2-3-6(8)10/h4H,2-3H2,1H3. The molecule has 0 spiro atoms. The highest BCUT2D eigenvalue weighted by Gasteiger charge is 2.05. The molecule has 0 amide bonds. The summed E-state index contributed by atoms with van der Waals surface area (Å²) >= 11 is 5.14. The first-order chi connectivity index (χ1) is 5.72. The Morgan fingerprint density at radius 1 is 1.83 bits per heavy atom. The number of ether oxygens (including phenoxy) is 1. The second kappa shape index (κ2) is 4.11. The third-order valence-electron chi connectivity index (χ3n) is 1.31. The highest BCUT2D eigenvalue weighted by atomic mass is 35.5. The van der Waals surface area contributed by atoms with Gasteiger partial charge in [0.05, 0.1) is 7.11 Å². The van der Waals surface area contributed by atoms with Gasteiger partial charge in [-0.25, -0.2) is 0 Å². The van der Waals surface area contributed by atoms with Crippen molar-refractivity contribution in [2.75, 3.05) is 7.11 Å². The van der Waals surface area contributed by atoms with Crippen LogP contribution in [0.25, 0.3) is 0 Å². The van der Waals surface area contributed by atoms with E-state index in [2.05, 4.69) is 5.16 Å². The smallest absolute Gasteiger partial charge is 0.254 e. The summed E-state index contributed by atoms with van der Waals surface area (Å²) < 4.78 is 9.60. The molecule has 0 aliphatic rings. The maximum atomic E-state index is 10.4. The van der Waals surface area contributed by atoms with Crippen LogP contribution in [0.4, 0.5) is 0 Å². The average Bonchev–Trinajstić information content (AvgIpc) is 2.48. The molecule has 1 aromatic rings. The number of aryl methyl sites for hydroxylation is 1. The molecule has 0 bridgehead atoms. The summed E-state index contributed by atoms with van der Waals surface area (Å²) in [6.07, 6.45) is 0.707. The molecule has 4 nitrogen and oxygen atoms in total. The summed E-state index contributed by atoms with van der Waals surface area (Å²) in [4.78, 5) is 10.4. The van der Waals surface area contributed by atoms with Crippen molar-refractivity contribution in [3.8, 4) is 5.88 Å². The normalized spacial score (nSPS) is 9.83. The van der Waals surface area contributed by atoms with Crippen molar-refractivity contribution in [2.45, 2.75) is 12.8 Å². The number of carbonyl (C=O) groups is 1. The Kier molecular flexibility index (Phi) is 3.10. The zero-order chi connectivity index (χ0) is 8.97. The molecule has 0 unspecified atom stereocenters. The minimum atomic E-state index is -0.384. The molecule has 1 rings (SSSR count). The van der Waals surface area contributed by atoms with Crippen molar-refractivity contribution in [3.63, 3.8) is 0 Å². The first-order valence-electron chi connectivity index (χ1n) is 3.40.